The van der Waals surface area contributed by atoms with Crippen molar-refractivity contribution in [1.82, 2.24) is 14.5 Å². The van der Waals surface area contributed by atoms with Gasteiger partial charge < -0.3 is 16.0 Å². The van der Waals surface area contributed by atoms with Crippen molar-refractivity contribution in [3.05, 3.63) is 29.3 Å². The second kappa shape index (κ2) is 10.8. The molecule has 3 N–H and O–H groups in total. The number of piperidine rings is 2. The summed E-state index contributed by atoms with van der Waals surface area (Å²) in [7, 11) is -3.54. The summed E-state index contributed by atoms with van der Waals surface area (Å²) in [4.78, 5) is 26.5. The van der Waals surface area contributed by atoms with Crippen LogP contribution in [0.2, 0.25) is 0 Å². The fourth-order valence-electron chi connectivity index (χ4n) is 4.74. The molecule has 1 unspecified atom stereocenters. The fraction of sp³-hybridized carbons (Fsp3) is 0.652. The molecule has 0 spiro atoms. The van der Waals surface area contributed by atoms with Gasteiger partial charge in [-0.05, 0) is 70.7 Å². The van der Waals surface area contributed by atoms with E-state index in [1.165, 1.54) is 4.31 Å². The summed E-state index contributed by atoms with van der Waals surface area (Å²) >= 11 is 0. The highest BCUT2D eigenvalue weighted by atomic mass is 32.2. The van der Waals surface area contributed by atoms with Crippen molar-refractivity contribution in [1.29, 1.82) is 0 Å². The Morgan fingerprint density at radius 3 is 2.47 bits per heavy atom. The van der Waals surface area contributed by atoms with Crippen LogP contribution in [0.4, 0.5) is 0 Å². The van der Waals surface area contributed by atoms with Gasteiger partial charge in [-0.3, -0.25) is 9.59 Å². The average molecular weight is 465 g/mol. The Labute approximate surface area is 191 Å². The first kappa shape index (κ1) is 24.7. The van der Waals surface area contributed by atoms with E-state index in [-0.39, 0.29) is 23.7 Å². The van der Waals surface area contributed by atoms with E-state index in [1.807, 2.05) is 26.0 Å². The van der Waals surface area contributed by atoms with Crippen LogP contribution in [-0.2, 0) is 19.6 Å². The van der Waals surface area contributed by atoms with Crippen LogP contribution in [0.15, 0.2) is 23.1 Å². The van der Waals surface area contributed by atoms with Crippen LogP contribution in [0.5, 0.6) is 0 Å². The van der Waals surface area contributed by atoms with Crippen molar-refractivity contribution >= 4 is 21.8 Å². The number of primary amides is 1. The van der Waals surface area contributed by atoms with Crippen molar-refractivity contribution < 1.29 is 18.0 Å². The van der Waals surface area contributed by atoms with E-state index in [1.54, 1.807) is 6.07 Å². The molecule has 2 fully saturated rings. The minimum Gasteiger partial charge on any atom is -0.369 e. The highest BCUT2D eigenvalue weighted by Crippen LogP contribution is 2.26. The van der Waals surface area contributed by atoms with Gasteiger partial charge in [0.1, 0.15) is 0 Å². The van der Waals surface area contributed by atoms with Crippen LogP contribution in [0.25, 0.3) is 0 Å². The number of nitrogens with one attached hydrogen (secondary N) is 1. The number of rotatable bonds is 8. The summed E-state index contributed by atoms with van der Waals surface area (Å²) in [6, 6.07) is 5.37. The zero-order chi connectivity index (χ0) is 23.3. The molecule has 2 aliphatic heterocycles. The molecule has 2 aliphatic rings. The first-order valence-corrected chi connectivity index (χ1v) is 13.0. The standard InChI is InChI=1S/C23H36N4O4S/c1-17-6-7-21(18(2)15-17)32(30,31)27-13-8-19(9-14-27)23(29)25-10-4-12-26-11-3-5-20(16-26)22(24)28/h6-7,15,19-20H,3-5,8-14,16H2,1-2H3,(H2,24,28)(H,25,29). The molecule has 0 bridgehead atoms. The van der Waals surface area contributed by atoms with Gasteiger partial charge in [0.2, 0.25) is 21.8 Å². The lowest BCUT2D eigenvalue weighted by molar-refractivity contribution is -0.126. The molecule has 2 saturated heterocycles. The summed E-state index contributed by atoms with van der Waals surface area (Å²) in [5.41, 5.74) is 7.21. The summed E-state index contributed by atoms with van der Waals surface area (Å²) in [5.74, 6) is -0.450. The van der Waals surface area contributed by atoms with Gasteiger partial charge in [-0.1, -0.05) is 17.7 Å². The molecular weight excluding hydrogens is 428 g/mol. The van der Waals surface area contributed by atoms with Gasteiger partial charge in [0.05, 0.1) is 10.8 Å². The summed E-state index contributed by atoms with van der Waals surface area (Å²) in [6.45, 7) is 7.55. The zero-order valence-corrected chi connectivity index (χ0v) is 20.0. The van der Waals surface area contributed by atoms with E-state index in [0.29, 0.717) is 43.9 Å². The third-order valence-electron chi connectivity index (χ3n) is 6.63. The lowest BCUT2D eigenvalue weighted by Crippen LogP contribution is -2.44. The largest absolute Gasteiger partial charge is 0.369 e. The Hall–Kier alpha value is -1.97. The lowest BCUT2D eigenvalue weighted by Gasteiger charge is -2.32. The van der Waals surface area contributed by atoms with Crippen LogP contribution < -0.4 is 11.1 Å². The van der Waals surface area contributed by atoms with Crippen LogP contribution in [0, 0.1) is 25.7 Å². The van der Waals surface area contributed by atoms with Gasteiger partial charge in [0.25, 0.3) is 0 Å². The second-order valence-corrected chi connectivity index (χ2v) is 11.0. The molecule has 178 valence electrons. The molecule has 2 amide bonds. The number of likely N-dealkylation sites (tertiary alicyclic amines) is 1. The minimum atomic E-state index is -3.54. The number of nitrogens with two attached hydrogens (primary N) is 1. The normalized spacial score (nSPS) is 21.4. The van der Waals surface area contributed by atoms with Crippen molar-refractivity contribution in [2.24, 2.45) is 17.6 Å². The number of nitrogens with zero attached hydrogens (tertiary/aromatic N) is 2. The molecule has 9 heteroatoms. The molecule has 0 aromatic heterocycles. The quantitative estimate of drug-likeness (QED) is 0.565. The van der Waals surface area contributed by atoms with Crippen LogP contribution >= 0.6 is 0 Å². The Kier molecular flexibility index (Phi) is 8.30. The number of carbonyl (C=O) groups excluding carboxylic acids is 2. The van der Waals surface area contributed by atoms with Crippen molar-refractivity contribution in [2.45, 2.75) is 50.8 Å². The zero-order valence-electron chi connectivity index (χ0n) is 19.2. The number of carbonyl (C=O) groups is 2. The van der Waals surface area contributed by atoms with E-state index >= 15 is 0 Å². The Bertz CT molecular complexity index is 926. The molecule has 2 heterocycles. The molecule has 0 aliphatic carbocycles. The van der Waals surface area contributed by atoms with Gasteiger partial charge in [0.15, 0.2) is 0 Å². The summed E-state index contributed by atoms with van der Waals surface area (Å²) < 4.78 is 27.5. The van der Waals surface area contributed by atoms with Crippen molar-refractivity contribution in [2.75, 3.05) is 39.3 Å². The molecule has 8 nitrogen and oxygen atoms in total. The number of aryl methyl sites for hydroxylation is 2. The Balaban J connectivity index is 1.41. The first-order valence-electron chi connectivity index (χ1n) is 11.6. The molecule has 0 radical (unpaired) electrons. The van der Waals surface area contributed by atoms with E-state index < -0.39 is 10.0 Å². The predicted octanol–water partition coefficient (Wildman–Crippen LogP) is 1.41. The third-order valence-corrected chi connectivity index (χ3v) is 8.69. The number of hydrogen-bond acceptors (Lipinski definition) is 5. The smallest absolute Gasteiger partial charge is 0.243 e. The first-order chi connectivity index (χ1) is 15.2. The molecule has 0 saturated carbocycles. The third kappa shape index (κ3) is 6.08. The van der Waals surface area contributed by atoms with Crippen molar-refractivity contribution in [3.8, 4) is 0 Å². The van der Waals surface area contributed by atoms with Gasteiger partial charge in [-0.2, -0.15) is 4.31 Å². The van der Waals surface area contributed by atoms with E-state index in [2.05, 4.69) is 10.2 Å². The SMILES string of the molecule is Cc1ccc(S(=O)(=O)N2CCC(C(=O)NCCCN3CCCC(C(N)=O)C3)CC2)c(C)c1. The van der Waals surface area contributed by atoms with Crippen LogP contribution in [0.3, 0.4) is 0 Å². The highest BCUT2D eigenvalue weighted by molar-refractivity contribution is 7.89. The molecule has 1 aromatic carbocycles. The maximum atomic E-state index is 13.0. The maximum absolute atomic E-state index is 13.0. The maximum Gasteiger partial charge on any atom is 0.243 e. The van der Waals surface area contributed by atoms with Gasteiger partial charge in [-0.15, -0.1) is 0 Å². The second-order valence-electron chi connectivity index (χ2n) is 9.13. The number of sulfonamides is 1. The lowest BCUT2D eigenvalue weighted by atomic mass is 9.97. The molecular formula is C23H36N4O4S. The van der Waals surface area contributed by atoms with Gasteiger partial charge in [-0.25, -0.2) is 8.42 Å². The molecule has 32 heavy (non-hydrogen) atoms. The van der Waals surface area contributed by atoms with Gasteiger partial charge in [0, 0.05) is 32.1 Å². The molecule has 1 atom stereocenters. The van der Waals surface area contributed by atoms with E-state index in [4.69, 9.17) is 5.73 Å². The van der Waals surface area contributed by atoms with Crippen LogP contribution in [-0.4, -0.2) is 68.7 Å². The highest BCUT2D eigenvalue weighted by Gasteiger charge is 2.32. The van der Waals surface area contributed by atoms with E-state index in [0.717, 1.165) is 43.5 Å². The Morgan fingerprint density at radius 2 is 1.81 bits per heavy atom. The molecule has 1 aromatic rings. The average Bonchev–Trinajstić information content (AvgIpc) is 2.76. The minimum absolute atomic E-state index is 0.00206. The molecule has 3 rings (SSSR count). The topological polar surface area (TPSA) is 113 Å². The number of amides is 2. The summed E-state index contributed by atoms with van der Waals surface area (Å²) in [5, 5.41) is 3.00. The number of benzene rings is 1. The monoisotopic (exact) mass is 464 g/mol. The van der Waals surface area contributed by atoms with Gasteiger partial charge >= 0.3 is 0 Å². The predicted molar refractivity (Wildman–Crippen MR) is 123 cm³/mol. The fourth-order valence-corrected chi connectivity index (χ4v) is 6.41. The number of hydrogen-bond donors (Lipinski definition) is 2. The van der Waals surface area contributed by atoms with Crippen LogP contribution in [0.1, 0.15) is 43.2 Å². The van der Waals surface area contributed by atoms with Crippen molar-refractivity contribution in [3.63, 3.8) is 0 Å². The summed E-state index contributed by atoms with van der Waals surface area (Å²) in [6.07, 6.45) is 3.71. The Morgan fingerprint density at radius 1 is 1.09 bits per heavy atom. The van der Waals surface area contributed by atoms with E-state index in [9.17, 15) is 18.0 Å².